The van der Waals surface area contributed by atoms with Gasteiger partial charge in [-0.05, 0) is 74.5 Å². The fourth-order valence-corrected chi connectivity index (χ4v) is 4.15. The molecule has 2 rings (SSSR count). The maximum Gasteiger partial charge on any atom is 0.217 e. The van der Waals surface area contributed by atoms with Crippen LogP contribution in [0.3, 0.4) is 0 Å². The molecular weight excluding hydrogens is 332 g/mol. The zero-order chi connectivity index (χ0) is 19.5. The average molecular weight is 371 g/mol. The van der Waals surface area contributed by atoms with Crippen LogP contribution in [0.2, 0.25) is 0 Å². The zero-order valence-electron chi connectivity index (χ0n) is 17.1. The number of hydrogen-bond acceptors (Lipinski definition) is 2. The average Bonchev–Trinajstić information content (AvgIpc) is 2.68. The lowest BCUT2D eigenvalue weighted by molar-refractivity contribution is -0.118. The first kappa shape index (κ1) is 21.7. The van der Waals surface area contributed by atoms with Crippen molar-refractivity contribution in [3.63, 3.8) is 0 Å². The van der Waals surface area contributed by atoms with Crippen LogP contribution >= 0.6 is 0 Å². The van der Waals surface area contributed by atoms with Crippen LogP contribution in [0.5, 0.6) is 0 Å². The van der Waals surface area contributed by atoms with Crippen LogP contribution in [0.4, 0.5) is 0 Å². The minimum Gasteiger partial charge on any atom is -0.370 e. The van der Waals surface area contributed by atoms with E-state index in [2.05, 4.69) is 37.3 Å². The van der Waals surface area contributed by atoms with Gasteiger partial charge in [0.2, 0.25) is 5.91 Å². The molecule has 0 aromatic heterocycles. The van der Waals surface area contributed by atoms with Gasteiger partial charge >= 0.3 is 0 Å². The summed E-state index contributed by atoms with van der Waals surface area (Å²) in [6.45, 7) is 3.08. The molecule has 1 fully saturated rings. The molecule has 0 spiro atoms. The van der Waals surface area contributed by atoms with Crippen LogP contribution in [0.1, 0.15) is 94.6 Å². The maximum absolute atomic E-state index is 10.9. The lowest BCUT2D eigenvalue weighted by Crippen LogP contribution is -2.17. The van der Waals surface area contributed by atoms with Crippen LogP contribution in [0.25, 0.3) is 6.08 Å². The van der Waals surface area contributed by atoms with E-state index in [1.807, 2.05) is 0 Å². The predicted molar refractivity (Wildman–Crippen MR) is 115 cm³/mol. The van der Waals surface area contributed by atoms with Gasteiger partial charge in [-0.1, -0.05) is 62.1 Å². The Hall–Kier alpha value is -1.61. The monoisotopic (exact) mass is 370 g/mol. The van der Waals surface area contributed by atoms with Crippen molar-refractivity contribution in [2.24, 2.45) is 17.4 Å². The number of benzene rings is 1. The summed E-state index contributed by atoms with van der Waals surface area (Å²) >= 11 is 0. The Labute approximate surface area is 165 Å². The molecule has 0 radical (unpaired) electrons. The fourth-order valence-electron chi connectivity index (χ4n) is 4.15. The summed E-state index contributed by atoms with van der Waals surface area (Å²) < 4.78 is 0. The number of unbranched alkanes of at least 4 members (excludes halogenated alkanes) is 2. The lowest BCUT2D eigenvalue weighted by Gasteiger charge is -2.22. The normalized spacial score (nSPS) is 18.3. The van der Waals surface area contributed by atoms with Crippen LogP contribution in [0, 0.1) is 5.92 Å². The molecule has 1 unspecified atom stereocenters. The second-order valence-electron chi connectivity index (χ2n) is 8.20. The number of rotatable bonds is 11. The summed E-state index contributed by atoms with van der Waals surface area (Å²) in [7, 11) is 0. The zero-order valence-corrected chi connectivity index (χ0v) is 17.1. The molecule has 1 aromatic rings. The Balaban J connectivity index is 1.93. The second-order valence-corrected chi connectivity index (χ2v) is 8.20. The predicted octanol–water partition coefficient (Wildman–Crippen LogP) is 5.54. The second kappa shape index (κ2) is 12.0. The smallest absolute Gasteiger partial charge is 0.217 e. The van der Waals surface area contributed by atoms with Gasteiger partial charge in [-0.2, -0.15) is 0 Å². The first-order valence-corrected chi connectivity index (χ1v) is 10.9. The summed E-state index contributed by atoms with van der Waals surface area (Å²) in [4.78, 5) is 10.9. The van der Waals surface area contributed by atoms with Gasteiger partial charge in [-0.25, -0.2) is 0 Å². The van der Waals surface area contributed by atoms with E-state index >= 15 is 0 Å². The summed E-state index contributed by atoms with van der Waals surface area (Å²) in [5, 5.41) is 0. The Morgan fingerprint density at radius 2 is 1.78 bits per heavy atom. The minimum atomic E-state index is -0.182. The Bertz CT molecular complexity index is 581. The number of carbonyl (C=O) groups is 1. The number of allylic oxidation sites excluding steroid dienone is 1. The van der Waals surface area contributed by atoms with Crippen LogP contribution < -0.4 is 11.5 Å². The number of amides is 1. The molecule has 1 aliphatic rings. The molecule has 0 saturated heterocycles. The van der Waals surface area contributed by atoms with E-state index in [0.717, 1.165) is 31.7 Å². The maximum atomic E-state index is 10.9. The molecule has 3 heteroatoms. The molecule has 1 aliphatic carbocycles. The number of primary amides is 1. The van der Waals surface area contributed by atoms with Gasteiger partial charge in [0.1, 0.15) is 0 Å². The third-order valence-corrected chi connectivity index (χ3v) is 5.99. The molecule has 0 heterocycles. The molecule has 4 N–H and O–H groups in total. The minimum absolute atomic E-state index is 0.182. The van der Waals surface area contributed by atoms with E-state index in [4.69, 9.17) is 11.5 Å². The molecular formula is C24H38N2O. The Kier molecular flexibility index (Phi) is 9.61. The molecule has 1 atom stereocenters. The van der Waals surface area contributed by atoms with Crippen molar-refractivity contribution >= 4 is 12.0 Å². The summed E-state index contributed by atoms with van der Waals surface area (Å²) in [5.41, 5.74) is 15.4. The van der Waals surface area contributed by atoms with E-state index in [-0.39, 0.29) is 5.91 Å². The number of hydrogen-bond donors (Lipinski definition) is 2. The molecule has 0 aliphatic heterocycles. The summed E-state index contributed by atoms with van der Waals surface area (Å²) in [5.74, 6) is 1.14. The fraction of sp³-hybridized carbons (Fsp3) is 0.625. The molecule has 1 saturated carbocycles. The van der Waals surface area contributed by atoms with E-state index in [1.54, 1.807) is 5.57 Å². The van der Waals surface area contributed by atoms with Gasteiger partial charge in [-0.15, -0.1) is 0 Å². The van der Waals surface area contributed by atoms with Crippen molar-refractivity contribution in [1.29, 1.82) is 0 Å². The highest BCUT2D eigenvalue weighted by atomic mass is 16.1. The van der Waals surface area contributed by atoms with Crippen molar-refractivity contribution < 1.29 is 4.79 Å². The molecule has 0 bridgehead atoms. The quantitative estimate of drug-likeness (QED) is 0.502. The number of nitrogens with two attached hydrogens (primary N) is 2. The van der Waals surface area contributed by atoms with Gasteiger partial charge < -0.3 is 11.5 Å². The molecule has 150 valence electrons. The third-order valence-electron chi connectivity index (χ3n) is 5.99. The highest BCUT2D eigenvalue weighted by molar-refractivity contribution is 5.73. The van der Waals surface area contributed by atoms with Gasteiger partial charge in [0.25, 0.3) is 0 Å². The Morgan fingerprint density at radius 1 is 1.11 bits per heavy atom. The highest BCUT2D eigenvalue weighted by Crippen LogP contribution is 2.31. The number of carbonyl (C=O) groups excluding carboxylic acids is 1. The highest BCUT2D eigenvalue weighted by Gasteiger charge is 2.15. The van der Waals surface area contributed by atoms with Crippen molar-refractivity contribution in [3.8, 4) is 0 Å². The van der Waals surface area contributed by atoms with Gasteiger partial charge in [0, 0.05) is 6.42 Å². The SMILES string of the molecule is CCCCC(CCCCC(N)=O)c1ccc(C=C2CCC(CN)CC2)cc1. The molecule has 1 aromatic carbocycles. The largest absolute Gasteiger partial charge is 0.370 e. The van der Waals surface area contributed by atoms with Crippen LogP contribution in [0.15, 0.2) is 29.8 Å². The summed E-state index contributed by atoms with van der Waals surface area (Å²) in [6.07, 6.45) is 14.6. The Morgan fingerprint density at radius 3 is 2.37 bits per heavy atom. The van der Waals surface area contributed by atoms with Crippen molar-refractivity contribution in [2.45, 2.75) is 83.5 Å². The molecule has 1 amide bonds. The van der Waals surface area contributed by atoms with Gasteiger partial charge in [0.15, 0.2) is 0 Å². The molecule has 27 heavy (non-hydrogen) atoms. The van der Waals surface area contributed by atoms with E-state index in [9.17, 15) is 4.79 Å². The first-order valence-electron chi connectivity index (χ1n) is 10.9. The standard InChI is InChI=1S/C24H38N2O/c1-2-3-6-22(7-4-5-8-24(26)27)23-15-13-20(14-16-23)17-19-9-11-21(18-25)12-10-19/h13-17,21-22H,2-12,18,25H2,1H3,(H2,26,27). The lowest BCUT2D eigenvalue weighted by atomic mass is 9.85. The van der Waals surface area contributed by atoms with Crippen LogP contribution in [-0.2, 0) is 4.79 Å². The van der Waals surface area contributed by atoms with E-state index in [0.29, 0.717) is 12.3 Å². The third kappa shape index (κ3) is 7.88. The summed E-state index contributed by atoms with van der Waals surface area (Å²) in [6, 6.07) is 9.18. The topological polar surface area (TPSA) is 69.1 Å². The van der Waals surface area contributed by atoms with Gasteiger partial charge in [-0.3, -0.25) is 4.79 Å². The molecule has 3 nitrogen and oxygen atoms in total. The first-order chi connectivity index (χ1) is 13.1. The van der Waals surface area contributed by atoms with Gasteiger partial charge in [0.05, 0.1) is 0 Å². The van der Waals surface area contributed by atoms with Crippen LogP contribution in [-0.4, -0.2) is 12.5 Å². The van der Waals surface area contributed by atoms with Crippen molar-refractivity contribution in [1.82, 2.24) is 0 Å². The van der Waals surface area contributed by atoms with E-state index in [1.165, 1.54) is 56.1 Å². The van der Waals surface area contributed by atoms with Crippen molar-refractivity contribution in [3.05, 3.63) is 41.0 Å². The van der Waals surface area contributed by atoms with Crippen molar-refractivity contribution in [2.75, 3.05) is 6.54 Å². The van der Waals surface area contributed by atoms with E-state index < -0.39 is 0 Å².